The summed E-state index contributed by atoms with van der Waals surface area (Å²) in [6, 6.07) is 4.35. The highest BCUT2D eigenvalue weighted by molar-refractivity contribution is 7.07. The van der Waals surface area contributed by atoms with E-state index in [1.54, 1.807) is 10.4 Å². The normalized spacial score (nSPS) is 18.1. The topological polar surface area (TPSA) is 72.2 Å². The Balaban J connectivity index is 1.21. The first-order chi connectivity index (χ1) is 14.8. The summed E-state index contributed by atoms with van der Waals surface area (Å²) in [5.41, 5.74) is 6.13. The SMILES string of the molecule is O=C(OCc1cscn1)N1CCC(c2cnn3cc(N4CCOCC4)ccc23)CC1. The van der Waals surface area contributed by atoms with Gasteiger partial charge in [-0.25, -0.2) is 14.3 Å². The minimum absolute atomic E-state index is 0.238. The van der Waals surface area contributed by atoms with Crippen LogP contribution in [0.3, 0.4) is 0 Å². The van der Waals surface area contributed by atoms with Crippen LogP contribution in [0, 0.1) is 0 Å². The molecule has 0 aliphatic carbocycles. The van der Waals surface area contributed by atoms with E-state index < -0.39 is 0 Å². The monoisotopic (exact) mass is 427 g/mol. The molecule has 2 saturated heterocycles. The third-order valence-electron chi connectivity index (χ3n) is 5.93. The van der Waals surface area contributed by atoms with Crippen LogP contribution < -0.4 is 4.90 Å². The van der Waals surface area contributed by atoms with Gasteiger partial charge in [-0.05, 0) is 30.9 Å². The summed E-state index contributed by atoms with van der Waals surface area (Å²) in [4.78, 5) is 20.6. The Morgan fingerprint density at radius 2 is 2.03 bits per heavy atom. The van der Waals surface area contributed by atoms with E-state index in [-0.39, 0.29) is 12.7 Å². The summed E-state index contributed by atoms with van der Waals surface area (Å²) < 4.78 is 12.8. The van der Waals surface area contributed by atoms with E-state index in [9.17, 15) is 4.79 Å². The van der Waals surface area contributed by atoms with Crippen LogP contribution in [0.15, 0.2) is 35.4 Å². The lowest BCUT2D eigenvalue weighted by molar-refractivity contribution is 0.0862. The lowest BCUT2D eigenvalue weighted by atomic mass is 9.90. The average Bonchev–Trinajstić information content (AvgIpc) is 3.48. The van der Waals surface area contributed by atoms with Crippen LogP contribution in [0.5, 0.6) is 0 Å². The number of likely N-dealkylation sites (tertiary alicyclic amines) is 1. The Morgan fingerprint density at radius 3 is 2.80 bits per heavy atom. The highest BCUT2D eigenvalue weighted by atomic mass is 32.1. The molecule has 9 heteroatoms. The number of carbonyl (C=O) groups is 1. The maximum atomic E-state index is 12.3. The lowest BCUT2D eigenvalue weighted by Gasteiger charge is -2.31. The Bertz CT molecular complexity index is 991. The molecule has 3 aromatic rings. The van der Waals surface area contributed by atoms with E-state index >= 15 is 0 Å². The number of hydrogen-bond donors (Lipinski definition) is 0. The van der Waals surface area contributed by atoms with Gasteiger partial charge in [-0.1, -0.05) is 0 Å². The number of aromatic nitrogens is 3. The molecular weight excluding hydrogens is 402 g/mol. The minimum atomic E-state index is -0.253. The highest BCUT2D eigenvalue weighted by Crippen LogP contribution is 2.32. The maximum Gasteiger partial charge on any atom is 0.410 e. The van der Waals surface area contributed by atoms with E-state index in [1.165, 1.54) is 22.6 Å². The summed E-state index contributed by atoms with van der Waals surface area (Å²) in [5.74, 6) is 0.402. The third-order valence-corrected chi connectivity index (χ3v) is 6.56. The van der Waals surface area contributed by atoms with Crippen LogP contribution in [0.4, 0.5) is 10.5 Å². The van der Waals surface area contributed by atoms with Gasteiger partial charge < -0.3 is 19.3 Å². The van der Waals surface area contributed by atoms with Gasteiger partial charge in [-0.2, -0.15) is 5.10 Å². The lowest BCUT2D eigenvalue weighted by Crippen LogP contribution is -2.38. The molecule has 0 atom stereocenters. The molecule has 1 amide bonds. The highest BCUT2D eigenvalue weighted by Gasteiger charge is 2.27. The number of fused-ring (bicyclic) bond motifs is 1. The van der Waals surface area contributed by atoms with Gasteiger partial charge in [0.05, 0.1) is 48.0 Å². The van der Waals surface area contributed by atoms with Crippen LogP contribution >= 0.6 is 11.3 Å². The van der Waals surface area contributed by atoms with Crippen LogP contribution in [-0.4, -0.2) is 65.0 Å². The van der Waals surface area contributed by atoms with Gasteiger partial charge >= 0.3 is 6.09 Å². The Morgan fingerprint density at radius 1 is 1.20 bits per heavy atom. The van der Waals surface area contributed by atoms with Gasteiger partial charge in [0.2, 0.25) is 0 Å². The van der Waals surface area contributed by atoms with Crippen molar-refractivity contribution >= 4 is 28.6 Å². The van der Waals surface area contributed by atoms with Crippen molar-refractivity contribution in [3.05, 3.63) is 46.7 Å². The molecule has 3 aromatic heterocycles. The quantitative estimate of drug-likeness (QED) is 0.637. The number of amides is 1. The summed E-state index contributed by atoms with van der Waals surface area (Å²) in [6.45, 7) is 5.00. The zero-order chi connectivity index (χ0) is 20.3. The number of morpholine rings is 1. The molecule has 158 valence electrons. The van der Waals surface area contributed by atoms with E-state index in [0.29, 0.717) is 19.0 Å². The first-order valence-corrected chi connectivity index (χ1v) is 11.3. The molecule has 0 N–H and O–H groups in total. The molecule has 8 nitrogen and oxygen atoms in total. The molecular formula is C21H25N5O3S. The third kappa shape index (κ3) is 3.99. The second-order valence-corrected chi connectivity index (χ2v) is 8.43. The molecule has 0 spiro atoms. The number of carbonyl (C=O) groups excluding carboxylic acids is 1. The smallest absolute Gasteiger partial charge is 0.410 e. The predicted octanol–water partition coefficient (Wildman–Crippen LogP) is 3.14. The molecule has 5 rings (SSSR count). The zero-order valence-corrected chi connectivity index (χ0v) is 17.6. The molecule has 0 unspecified atom stereocenters. The Kier molecular flexibility index (Phi) is 5.54. The summed E-state index contributed by atoms with van der Waals surface area (Å²) in [5, 5.41) is 6.51. The standard InChI is InChI=1S/C21H25N5O3S/c27-21(29-13-17-14-30-15-22-17)25-5-3-16(4-6-25)19-11-23-26-12-18(1-2-20(19)26)24-7-9-28-10-8-24/h1-2,11-12,14-16H,3-10,13H2. The van der Waals surface area contributed by atoms with Crippen LogP contribution in [0.25, 0.3) is 5.52 Å². The van der Waals surface area contributed by atoms with Gasteiger partial charge in [-0.15, -0.1) is 11.3 Å². The fraction of sp³-hybridized carbons (Fsp3) is 0.476. The fourth-order valence-electron chi connectivity index (χ4n) is 4.23. The van der Waals surface area contributed by atoms with Crippen molar-refractivity contribution in [2.45, 2.75) is 25.4 Å². The van der Waals surface area contributed by atoms with Crippen molar-refractivity contribution in [2.24, 2.45) is 0 Å². The molecule has 0 radical (unpaired) electrons. The number of piperidine rings is 1. The maximum absolute atomic E-state index is 12.3. The predicted molar refractivity (Wildman–Crippen MR) is 114 cm³/mol. The summed E-state index contributed by atoms with van der Waals surface area (Å²) in [7, 11) is 0. The molecule has 30 heavy (non-hydrogen) atoms. The number of rotatable bonds is 4. The molecule has 2 aliphatic rings. The van der Waals surface area contributed by atoms with Gasteiger partial charge in [0.1, 0.15) is 6.61 Å². The van der Waals surface area contributed by atoms with Crippen LogP contribution in [-0.2, 0) is 16.1 Å². The number of ether oxygens (including phenoxy) is 2. The number of thiazole rings is 1. The van der Waals surface area contributed by atoms with Crippen molar-refractivity contribution in [3.8, 4) is 0 Å². The van der Waals surface area contributed by atoms with Crippen molar-refractivity contribution < 1.29 is 14.3 Å². The molecule has 5 heterocycles. The Hall–Kier alpha value is -2.65. The first-order valence-electron chi connectivity index (χ1n) is 10.4. The van der Waals surface area contributed by atoms with E-state index in [1.807, 2.05) is 16.1 Å². The first kappa shape index (κ1) is 19.3. The van der Waals surface area contributed by atoms with Gasteiger partial charge in [0.15, 0.2) is 0 Å². The van der Waals surface area contributed by atoms with Crippen LogP contribution in [0.1, 0.15) is 30.0 Å². The average molecular weight is 428 g/mol. The van der Waals surface area contributed by atoms with Gasteiger partial charge in [0.25, 0.3) is 0 Å². The molecule has 0 bridgehead atoms. The second-order valence-electron chi connectivity index (χ2n) is 7.71. The van der Waals surface area contributed by atoms with Crippen molar-refractivity contribution in [2.75, 3.05) is 44.3 Å². The van der Waals surface area contributed by atoms with Crippen molar-refractivity contribution in [1.82, 2.24) is 19.5 Å². The van der Waals surface area contributed by atoms with Crippen molar-refractivity contribution in [3.63, 3.8) is 0 Å². The fourth-order valence-corrected chi connectivity index (χ4v) is 4.77. The number of hydrogen-bond acceptors (Lipinski definition) is 7. The molecule has 0 aromatic carbocycles. The number of pyridine rings is 1. The van der Waals surface area contributed by atoms with E-state index in [2.05, 4.69) is 33.3 Å². The zero-order valence-electron chi connectivity index (χ0n) is 16.8. The molecule has 0 saturated carbocycles. The number of anilines is 1. The summed E-state index contributed by atoms with van der Waals surface area (Å²) >= 11 is 1.50. The second kappa shape index (κ2) is 8.61. The van der Waals surface area contributed by atoms with Gasteiger partial charge in [0, 0.05) is 37.1 Å². The molecule has 2 fully saturated rings. The number of nitrogens with zero attached hydrogens (tertiary/aromatic N) is 5. The minimum Gasteiger partial charge on any atom is -0.443 e. The van der Waals surface area contributed by atoms with Gasteiger partial charge in [-0.3, -0.25) is 0 Å². The summed E-state index contributed by atoms with van der Waals surface area (Å²) in [6.07, 6.45) is 5.67. The van der Waals surface area contributed by atoms with Crippen molar-refractivity contribution in [1.29, 1.82) is 0 Å². The Labute approximate surface area is 179 Å². The largest absolute Gasteiger partial charge is 0.443 e. The van der Waals surface area contributed by atoms with E-state index in [0.717, 1.165) is 50.4 Å². The van der Waals surface area contributed by atoms with Crippen LogP contribution in [0.2, 0.25) is 0 Å². The molecule has 2 aliphatic heterocycles. The van der Waals surface area contributed by atoms with E-state index in [4.69, 9.17) is 9.47 Å².